The van der Waals surface area contributed by atoms with Crippen LogP contribution in [0.1, 0.15) is 127 Å². The molecule has 7 heterocycles. The number of rotatable bonds is 17. The summed E-state index contributed by atoms with van der Waals surface area (Å²) in [6, 6.07) is 0. The zero-order valence-electron chi connectivity index (χ0n) is 60.2. The molecule has 0 spiro atoms. The molecule has 7 aliphatic heterocycles. The molecule has 0 aromatic heterocycles. The van der Waals surface area contributed by atoms with Gasteiger partial charge in [0.15, 0.2) is 37.7 Å². The van der Waals surface area contributed by atoms with Crippen molar-refractivity contribution >= 4 is 5.97 Å². The maximum absolute atomic E-state index is 15.4. The van der Waals surface area contributed by atoms with Crippen LogP contribution in [0.4, 0.5) is 0 Å². The van der Waals surface area contributed by atoms with Crippen LogP contribution in [0.5, 0.6) is 0 Å². The summed E-state index contributed by atoms with van der Waals surface area (Å²) < 4.78 is 83.2. The van der Waals surface area contributed by atoms with Crippen LogP contribution >= 0.6 is 0 Å². The lowest BCUT2D eigenvalue weighted by Gasteiger charge is -2.71. The molecule has 0 bridgehead atoms. The van der Waals surface area contributed by atoms with Crippen LogP contribution in [0.2, 0.25) is 0 Å². The van der Waals surface area contributed by atoms with Gasteiger partial charge in [-0.05, 0) is 123 Å². The second-order valence-corrected chi connectivity index (χ2v) is 33.8. The summed E-state index contributed by atoms with van der Waals surface area (Å²) in [6.45, 7) is 15.6. The van der Waals surface area contributed by atoms with E-state index in [1.54, 1.807) is 0 Å². The summed E-state index contributed by atoms with van der Waals surface area (Å²) in [5.74, 6) is -0.720. The van der Waals surface area contributed by atoms with Crippen molar-refractivity contribution in [2.75, 3.05) is 33.0 Å². The third-order valence-electron chi connectivity index (χ3n) is 26.9. The topological polar surface area (TPSA) is 531 Å². The van der Waals surface area contributed by atoms with Gasteiger partial charge in [0.2, 0.25) is 6.29 Å². The Morgan fingerprint density at radius 3 is 1.68 bits per heavy atom. The molecule has 104 heavy (non-hydrogen) atoms. The molecule has 0 radical (unpaired) electrons. The fraction of sp³-hybridized carbons (Fsp3) is 0.957. The Hall–Kier alpha value is -2.07. The smallest absolute Gasteiger partial charge is 0.315 e. The van der Waals surface area contributed by atoms with Gasteiger partial charge >= 0.3 is 5.97 Å². The summed E-state index contributed by atoms with van der Waals surface area (Å²) in [5.41, 5.74) is -1.63. The normalized spacial score (nSPS) is 54.7. The lowest BCUT2D eigenvalue weighted by atomic mass is 9.33. The fourth-order valence-corrected chi connectivity index (χ4v) is 20.2. The van der Waals surface area contributed by atoms with E-state index >= 15 is 4.79 Å². The molecular formula is C70H114O34. The van der Waals surface area contributed by atoms with Crippen molar-refractivity contribution < 1.29 is 168 Å². The molecule has 0 aromatic rings. The van der Waals surface area contributed by atoms with E-state index in [4.69, 9.17) is 66.3 Å². The first-order valence-corrected chi connectivity index (χ1v) is 36.9. The first-order valence-electron chi connectivity index (χ1n) is 36.9. The number of ether oxygens (including phenoxy) is 14. The van der Waals surface area contributed by atoms with E-state index in [-0.39, 0.29) is 40.6 Å². The highest BCUT2D eigenvalue weighted by Crippen LogP contribution is 2.76. The van der Waals surface area contributed by atoms with Crippen LogP contribution in [-0.2, 0) is 71.1 Å². The minimum atomic E-state index is -1.92. The third kappa shape index (κ3) is 14.3. The van der Waals surface area contributed by atoms with Crippen LogP contribution in [-0.4, -0.2) is 345 Å². The molecule has 34 nitrogen and oxygen atoms in total. The predicted molar refractivity (Wildman–Crippen MR) is 346 cm³/mol. The van der Waals surface area contributed by atoms with E-state index in [0.717, 1.165) is 19.3 Å². The zero-order valence-corrected chi connectivity index (χ0v) is 60.2. The molecule has 41 atom stereocenters. The van der Waals surface area contributed by atoms with Gasteiger partial charge in [-0.3, -0.25) is 4.79 Å². The van der Waals surface area contributed by atoms with E-state index in [0.29, 0.717) is 44.9 Å². The maximum Gasteiger partial charge on any atom is 0.315 e. The SMILES string of the molecule is C[C@@H]1O[C@@H](O[C@H]2[C@H](O)[C@@H](O)[C@H](OC[C@H]3O[C@@H](OC(=O)[C@]45CCC(C)(C)C[C@H]4C4=CC[C@H]6[C@@]7(C)CC[C@H](O[C@@H]8OC[C@H](O)[C@H](O)[C@H]8O[C@@H]8O[C@@H](C)[C@H](O)[C@@H](O[C@@H]9OC[C@@H](O[C@@H]%10O[C@H](CO)[C@@H](O)[C@H](O)[C@H]%10O)[C@@H](O)[C@H]9O)[C@H]8O)C(C)(C)[C@@H]7CC[C@@]6(C)[C@]4(C)CC5)[C@H](O)[C@@H](O)[C@@H]3O)O[C@@H]2CO)[C@H](O)[C@H](O)[C@H]1O. The maximum atomic E-state index is 15.4. The Morgan fingerprint density at radius 1 is 0.462 bits per heavy atom. The van der Waals surface area contributed by atoms with Crippen molar-refractivity contribution in [3.05, 3.63) is 11.6 Å². The van der Waals surface area contributed by atoms with Crippen molar-refractivity contribution in [2.45, 2.75) is 335 Å². The number of aliphatic hydroxyl groups is 19. The van der Waals surface area contributed by atoms with Crippen molar-refractivity contribution in [2.24, 2.45) is 50.2 Å². The molecule has 4 saturated carbocycles. The summed E-state index contributed by atoms with van der Waals surface area (Å²) in [7, 11) is 0. The van der Waals surface area contributed by atoms with E-state index in [2.05, 4.69) is 54.5 Å². The molecule has 12 aliphatic rings. The van der Waals surface area contributed by atoms with Crippen LogP contribution < -0.4 is 0 Å². The van der Waals surface area contributed by atoms with Gasteiger partial charge in [-0.2, -0.15) is 0 Å². The van der Waals surface area contributed by atoms with Crippen LogP contribution in [0, 0.1) is 50.2 Å². The van der Waals surface area contributed by atoms with Crippen molar-refractivity contribution in [1.82, 2.24) is 0 Å². The van der Waals surface area contributed by atoms with Crippen LogP contribution in [0.15, 0.2) is 11.6 Å². The van der Waals surface area contributed by atoms with E-state index in [1.165, 1.54) is 19.4 Å². The average molecular weight is 1500 g/mol. The molecule has 12 rings (SSSR count). The average Bonchev–Trinajstić information content (AvgIpc) is 0.675. The molecule has 0 unspecified atom stereocenters. The molecule has 0 aromatic carbocycles. The number of carbonyl (C=O) groups excluding carboxylic acids is 1. The highest BCUT2D eigenvalue weighted by atomic mass is 16.8. The van der Waals surface area contributed by atoms with Gasteiger partial charge in [0.25, 0.3) is 0 Å². The lowest BCUT2D eigenvalue weighted by Crippen LogP contribution is -2.66. The molecule has 598 valence electrons. The second-order valence-electron chi connectivity index (χ2n) is 33.8. The minimum absolute atomic E-state index is 0.0702. The quantitative estimate of drug-likeness (QED) is 0.0368. The number of carbonyl (C=O) groups is 1. The Kier molecular flexibility index (Phi) is 24.1. The number of esters is 1. The first-order chi connectivity index (χ1) is 48.8. The largest absolute Gasteiger partial charge is 0.432 e. The van der Waals surface area contributed by atoms with Gasteiger partial charge in [-0.25, -0.2) is 0 Å². The predicted octanol–water partition coefficient (Wildman–Crippen LogP) is -5.23. The first kappa shape index (κ1) is 81.4. The van der Waals surface area contributed by atoms with Crippen molar-refractivity contribution in [3.8, 4) is 0 Å². The standard InChI is InChI=1S/C70H114O34/c1-26-38(74)44(80)49(85)59(94-26)101-54-32(22-72)97-57(52(88)47(54)83)92-24-33-42(78)46(82)51(87)61(99-33)104-64(90)70-18-16-65(3,4)20-29(70)28-10-11-36-67(7)14-13-37(66(5,6)35(67)12-15-69(36,9)68(28,8)17-19-70)100-63-56(40(76)30(73)23-91-63)103-62-53(89)55(39(75)27(2)95-62)102-58-48(84)43(79)34(25-93-58)98-60-50(86)45(81)41(77)31(21-71)96-60/h10,26-27,29-63,71-89H,11-25H2,1-9H3/t26-,27-,29-,30-,31+,32+,33+,34+,35-,36-,37-,38-,39-,40-,41+,42+,43+,44+,45-,46-,47+,48+,49+,50+,51+,52+,53+,54+,55+,56+,57+,58-,59-,60-,61-,62-,63-,67-,68+,69+,70-/m0/s1. The molecule has 34 heteroatoms. The molecular weight excluding hydrogens is 1380 g/mol. The summed E-state index contributed by atoms with van der Waals surface area (Å²) in [4.78, 5) is 15.4. The van der Waals surface area contributed by atoms with E-state index in [1.807, 2.05) is 0 Å². The van der Waals surface area contributed by atoms with Crippen LogP contribution in [0.3, 0.4) is 0 Å². The summed E-state index contributed by atoms with van der Waals surface area (Å²) >= 11 is 0. The Bertz CT molecular complexity index is 2950. The van der Waals surface area contributed by atoms with Crippen molar-refractivity contribution in [3.63, 3.8) is 0 Å². The van der Waals surface area contributed by atoms with Gasteiger partial charge < -0.3 is 163 Å². The van der Waals surface area contributed by atoms with Gasteiger partial charge in [0, 0.05) is 0 Å². The van der Waals surface area contributed by atoms with Gasteiger partial charge in [-0.1, -0.05) is 60.1 Å². The number of allylic oxidation sites excluding steroid dienone is 2. The molecule has 0 amide bonds. The summed E-state index contributed by atoms with van der Waals surface area (Å²) in [5, 5.41) is 207. The highest BCUT2D eigenvalue weighted by molar-refractivity contribution is 5.79. The monoisotopic (exact) mass is 1500 g/mol. The molecule has 19 N–H and O–H groups in total. The Labute approximate surface area is 602 Å². The minimum Gasteiger partial charge on any atom is -0.432 e. The van der Waals surface area contributed by atoms with Gasteiger partial charge in [-0.15, -0.1) is 0 Å². The number of fused-ring (bicyclic) bond motifs is 7. The van der Waals surface area contributed by atoms with E-state index < -0.39 is 257 Å². The van der Waals surface area contributed by atoms with Crippen LogP contribution in [0.25, 0.3) is 0 Å². The van der Waals surface area contributed by atoms with Gasteiger partial charge in [0.1, 0.15) is 146 Å². The van der Waals surface area contributed by atoms with Gasteiger partial charge in [0.05, 0.1) is 56.8 Å². The lowest BCUT2D eigenvalue weighted by molar-refractivity contribution is -0.382. The van der Waals surface area contributed by atoms with Crippen molar-refractivity contribution in [1.29, 1.82) is 0 Å². The molecule has 5 aliphatic carbocycles. The number of hydrogen-bond donors (Lipinski definition) is 19. The molecule has 7 saturated heterocycles. The fourth-order valence-electron chi connectivity index (χ4n) is 20.2. The summed E-state index contributed by atoms with van der Waals surface area (Å²) in [6.07, 6.45) is -45.9. The number of aliphatic hydroxyl groups excluding tert-OH is 19. The molecule has 11 fully saturated rings. The Balaban J connectivity index is 0.696. The zero-order chi connectivity index (χ0) is 75.7. The Morgan fingerprint density at radius 2 is 1.01 bits per heavy atom. The third-order valence-corrected chi connectivity index (χ3v) is 26.9. The highest BCUT2D eigenvalue weighted by Gasteiger charge is 2.71. The van der Waals surface area contributed by atoms with E-state index in [9.17, 15) is 97.0 Å². The second kappa shape index (κ2) is 30.8. The number of hydrogen-bond acceptors (Lipinski definition) is 34.